The Hall–Kier alpha value is -3.14. The highest BCUT2D eigenvalue weighted by atomic mass is 32.1. The van der Waals surface area contributed by atoms with Crippen LogP contribution in [0, 0.1) is 5.92 Å². The summed E-state index contributed by atoms with van der Waals surface area (Å²) in [6.07, 6.45) is 6.31. The summed E-state index contributed by atoms with van der Waals surface area (Å²) in [5, 5.41) is 13.8. The third-order valence-corrected chi connectivity index (χ3v) is 7.90. The van der Waals surface area contributed by atoms with Crippen molar-refractivity contribution in [3.05, 3.63) is 58.3 Å². The molecule has 0 aliphatic carbocycles. The number of likely N-dealkylation sites (tertiary alicyclic amines) is 2. The normalized spacial score (nSPS) is 17.8. The maximum atomic E-state index is 13.1. The van der Waals surface area contributed by atoms with Crippen molar-refractivity contribution < 1.29 is 9.59 Å². The van der Waals surface area contributed by atoms with Crippen LogP contribution in [0.1, 0.15) is 52.7 Å². The SMILES string of the molecule is O=C(Cn1cnnn1)N1CCC(c2nc(C(=O)N3CCC(Cc4ccccc4)CC3)cs2)CC1. The number of rotatable bonds is 6. The summed E-state index contributed by atoms with van der Waals surface area (Å²) in [7, 11) is 0. The number of aromatic nitrogens is 5. The van der Waals surface area contributed by atoms with Gasteiger partial charge >= 0.3 is 0 Å². The molecule has 3 aromatic rings. The van der Waals surface area contributed by atoms with Crippen LogP contribution in [-0.4, -0.2) is 73.0 Å². The van der Waals surface area contributed by atoms with E-state index in [0.717, 1.165) is 50.2 Å². The Bertz CT molecular complexity index is 1090. The van der Waals surface area contributed by atoms with Crippen LogP contribution in [0.15, 0.2) is 42.0 Å². The molecule has 2 aliphatic heterocycles. The van der Waals surface area contributed by atoms with E-state index in [1.54, 1.807) is 11.3 Å². The second kappa shape index (κ2) is 10.4. The minimum atomic E-state index is 0.0245. The number of tetrazole rings is 1. The minimum Gasteiger partial charge on any atom is -0.341 e. The molecule has 0 saturated carbocycles. The summed E-state index contributed by atoms with van der Waals surface area (Å²) in [5.74, 6) is 0.998. The Labute approximate surface area is 202 Å². The van der Waals surface area contributed by atoms with Gasteiger partial charge in [-0.3, -0.25) is 9.59 Å². The molecular formula is C24H29N7O2S. The standard InChI is InChI=1S/C24H29N7O2S/c32-22(15-31-17-25-27-28-31)29-12-8-20(9-13-29)23-26-21(16-34-23)24(33)30-10-6-19(7-11-30)14-18-4-2-1-3-5-18/h1-5,16-17,19-20H,6-15H2. The van der Waals surface area contributed by atoms with Crippen LogP contribution in [0.5, 0.6) is 0 Å². The van der Waals surface area contributed by atoms with Crippen LogP contribution >= 0.6 is 11.3 Å². The van der Waals surface area contributed by atoms with Gasteiger partial charge in [0.1, 0.15) is 18.6 Å². The van der Waals surface area contributed by atoms with E-state index in [4.69, 9.17) is 4.98 Å². The Kier molecular flexibility index (Phi) is 6.94. The van der Waals surface area contributed by atoms with Gasteiger partial charge in [0.25, 0.3) is 5.91 Å². The van der Waals surface area contributed by atoms with E-state index in [1.807, 2.05) is 15.2 Å². The molecule has 178 valence electrons. The molecule has 2 fully saturated rings. The Morgan fingerprint density at radius 2 is 1.71 bits per heavy atom. The lowest BCUT2D eigenvalue weighted by Crippen LogP contribution is -2.40. The fourth-order valence-electron chi connectivity index (χ4n) is 4.89. The molecule has 34 heavy (non-hydrogen) atoms. The van der Waals surface area contributed by atoms with Crippen LogP contribution in [0.4, 0.5) is 0 Å². The topological polar surface area (TPSA) is 97.1 Å². The van der Waals surface area contributed by atoms with Crippen molar-refractivity contribution in [2.24, 2.45) is 5.92 Å². The Morgan fingerprint density at radius 3 is 2.41 bits per heavy atom. The van der Waals surface area contributed by atoms with Crippen LogP contribution in [0.3, 0.4) is 0 Å². The van der Waals surface area contributed by atoms with E-state index in [0.29, 0.717) is 30.6 Å². The highest BCUT2D eigenvalue weighted by Gasteiger charge is 2.29. The first-order chi connectivity index (χ1) is 16.7. The van der Waals surface area contributed by atoms with Crippen molar-refractivity contribution in [1.29, 1.82) is 0 Å². The van der Waals surface area contributed by atoms with Crippen LogP contribution in [0.2, 0.25) is 0 Å². The number of hydrogen-bond donors (Lipinski definition) is 0. The lowest BCUT2D eigenvalue weighted by Gasteiger charge is -2.32. The van der Waals surface area contributed by atoms with Gasteiger partial charge in [-0.1, -0.05) is 30.3 Å². The number of amides is 2. The number of benzene rings is 1. The van der Waals surface area contributed by atoms with Crippen molar-refractivity contribution >= 4 is 23.2 Å². The van der Waals surface area contributed by atoms with E-state index >= 15 is 0 Å². The molecular weight excluding hydrogens is 450 g/mol. The Balaban J connectivity index is 1.10. The van der Waals surface area contributed by atoms with Gasteiger partial charge in [0.05, 0.1) is 5.01 Å². The molecule has 0 unspecified atom stereocenters. The number of piperidine rings is 2. The van der Waals surface area contributed by atoms with Crippen molar-refractivity contribution in [3.63, 3.8) is 0 Å². The number of thiazole rings is 1. The summed E-state index contributed by atoms with van der Waals surface area (Å²) in [6, 6.07) is 10.6. The zero-order chi connectivity index (χ0) is 23.3. The largest absolute Gasteiger partial charge is 0.341 e. The second-order valence-corrected chi connectivity index (χ2v) is 10.0. The number of nitrogens with zero attached hydrogens (tertiary/aromatic N) is 7. The molecule has 0 radical (unpaired) electrons. The lowest BCUT2D eigenvalue weighted by molar-refractivity contribution is -0.133. The molecule has 2 saturated heterocycles. The van der Waals surface area contributed by atoms with Crippen molar-refractivity contribution in [1.82, 2.24) is 35.0 Å². The van der Waals surface area contributed by atoms with Gasteiger partial charge in [0.15, 0.2) is 0 Å². The van der Waals surface area contributed by atoms with Crippen molar-refractivity contribution in [3.8, 4) is 0 Å². The average molecular weight is 480 g/mol. The molecule has 1 aromatic carbocycles. The molecule has 2 aromatic heterocycles. The fraction of sp³-hybridized carbons (Fsp3) is 0.500. The minimum absolute atomic E-state index is 0.0245. The number of hydrogen-bond acceptors (Lipinski definition) is 7. The van der Waals surface area contributed by atoms with Crippen LogP contribution < -0.4 is 0 Å². The predicted molar refractivity (Wildman–Crippen MR) is 127 cm³/mol. The Morgan fingerprint density at radius 1 is 0.971 bits per heavy atom. The molecule has 5 rings (SSSR count). The average Bonchev–Trinajstić information content (AvgIpc) is 3.57. The first kappa shape index (κ1) is 22.6. The summed E-state index contributed by atoms with van der Waals surface area (Å²) >= 11 is 1.57. The van der Waals surface area contributed by atoms with Crippen LogP contribution in [0.25, 0.3) is 0 Å². The second-order valence-electron chi connectivity index (χ2n) is 9.16. The van der Waals surface area contributed by atoms with Gasteiger partial charge in [0, 0.05) is 37.5 Å². The molecule has 2 amide bonds. The van der Waals surface area contributed by atoms with E-state index in [-0.39, 0.29) is 18.4 Å². The first-order valence-electron chi connectivity index (χ1n) is 11.9. The van der Waals surface area contributed by atoms with E-state index < -0.39 is 0 Å². The van der Waals surface area contributed by atoms with Gasteiger partial charge in [-0.25, -0.2) is 9.67 Å². The van der Waals surface area contributed by atoms with Gasteiger partial charge < -0.3 is 9.80 Å². The van der Waals surface area contributed by atoms with Gasteiger partial charge in [0.2, 0.25) is 5.91 Å². The summed E-state index contributed by atoms with van der Waals surface area (Å²) in [5.41, 5.74) is 1.94. The van der Waals surface area contributed by atoms with Crippen molar-refractivity contribution in [2.75, 3.05) is 26.2 Å². The van der Waals surface area contributed by atoms with Crippen LogP contribution in [-0.2, 0) is 17.8 Å². The first-order valence-corrected chi connectivity index (χ1v) is 12.8. The third-order valence-electron chi connectivity index (χ3n) is 6.90. The molecule has 4 heterocycles. The maximum absolute atomic E-state index is 13.1. The zero-order valence-corrected chi connectivity index (χ0v) is 19.9. The molecule has 0 atom stereocenters. The predicted octanol–water partition coefficient (Wildman–Crippen LogP) is 2.63. The molecule has 0 bridgehead atoms. The van der Waals surface area contributed by atoms with E-state index in [2.05, 4.69) is 45.9 Å². The molecule has 0 N–H and O–H groups in total. The quantitative estimate of drug-likeness (QED) is 0.539. The van der Waals surface area contributed by atoms with Crippen molar-refractivity contribution in [2.45, 2.75) is 44.6 Å². The molecule has 10 heteroatoms. The molecule has 2 aliphatic rings. The summed E-state index contributed by atoms with van der Waals surface area (Å²) in [4.78, 5) is 34.0. The van der Waals surface area contributed by atoms with Gasteiger partial charge in [-0.15, -0.1) is 16.4 Å². The molecule has 9 nitrogen and oxygen atoms in total. The number of carbonyl (C=O) groups excluding carboxylic acids is 2. The molecule has 0 spiro atoms. The number of carbonyl (C=O) groups is 2. The highest BCUT2D eigenvalue weighted by molar-refractivity contribution is 7.09. The highest BCUT2D eigenvalue weighted by Crippen LogP contribution is 2.31. The van der Waals surface area contributed by atoms with E-state index in [9.17, 15) is 9.59 Å². The lowest BCUT2D eigenvalue weighted by atomic mass is 9.90. The smallest absolute Gasteiger partial charge is 0.273 e. The monoisotopic (exact) mass is 479 g/mol. The maximum Gasteiger partial charge on any atom is 0.273 e. The third kappa shape index (κ3) is 5.32. The summed E-state index contributed by atoms with van der Waals surface area (Å²) < 4.78 is 1.44. The van der Waals surface area contributed by atoms with Gasteiger partial charge in [-0.2, -0.15) is 0 Å². The van der Waals surface area contributed by atoms with Gasteiger partial charge in [-0.05, 0) is 54.0 Å². The summed E-state index contributed by atoms with van der Waals surface area (Å²) in [6.45, 7) is 3.12. The fourth-order valence-corrected chi connectivity index (χ4v) is 5.86. The zero-order valence-electron chi connectivity index (χ0n) is 19.1. The van der Waals surface area contributed by atoms with E-state index in [1.165, 1.54) is 16.6 Å².